The molecule has 0 radical (unpaired) electrons. The Morgan fingerprint density at radius 3 is 2.36 bits per heavy atom. The van der Waals surface area contributed by atoms with Crippen molar-refractivity contribution in [2.24, 2.45) is 5.92 Å². The van der Waals surface area contributed by atoms with E-state index in [0.717, 1.165) is 6.07 Å². The highest BCUT2D eigenvalue weighted by molar-refractivity contribution is 5.77. The fraction of sp³-hybridized carbons (Fsp3) is 0.462. The Labute approximate surface area is 124 Å². The number of carbonyl (C=O) groups excluding carboxylic acids is 1. The van der Waals surface area contributed by atoms with E-state index in [9.17, 15) is 33.2 Å². The summed E-state index contributed by atoms with van der Waals surface area (Å²) in [4.78, 5) is 20.9. The third-order valence-electron chi connectivity index (χ3n) is 2.84. The standard InChI is InChI=1S/C13H15F3N2O4/c1-7(2)5-10(12(19)20)17-9-4-3-8(13(14,15)16)6-11(9)18(21)22/h3-4,6-7,10,17H,5H2,1-2H3,(H,19,20)/p-1/t10-/m0/s1. The molecule has 0 aromatic heterocycles. The molecule has 1 aromatic rings. The van der Waals surface area contributed by atoms with Crippen LogP contribution in [0, 0.1) is 16.0 Å². The molecule has 1 N–H and O–H groups in total. The molecule has 1 atom stereocenters. The van der Waals surface area contributed by atoms with E-state index in [1.165, 1.54) is 0 Å². The number of anilines is 1. The van der Waals surface area contributed by atoms with E-state index in [1.807, 2.05) is 0 Å². The van der Waals surface area contributed by atoms with E-state index in [2.05, 4.69) is 5.32 Å². The zero-order valence-corrected chi connectivity index (χ0v) is 11.8. The molecule has 0 aliphatic rings. The smallest absolute Gasteiger partial charge is 0.416 e. The number of aliphatic carboxylic acids is 1. The van der Waals surface area contributed by atoms with Crippen LogP contribution < -0.4 is 10.4 Å². The van der Waals surface area contributed by atoms with Gasteiger partial charge in [0.2, 0.25) is 0 Å². The lowest BCUT2D eigenvalue weighted by molar-refractivity contribution is -0.384. The van der Waals surface area contributed by atoms with Crippen molar-refractivity contribution in [3.05, 3.63) is 33.9 Å². The molecule has 0 saturated carbocycles. The quantitative estimate of drug-likeness (QED) is 0.640. The molecule has 1 rings (SSSR count). The second-order valence-electron chi connectivity index (χ2n) is 5.13. The predicted molar refractivity (Wildman–Crippen MR) is 70.0 cm³/mol. The maximum atomic E-state index is 12.6. The topological polar surface area (TPSA) is 95.3 Å². The molecule has 0 unspecified atom stereocenters. The van der Waals surface area contributed by atoms with Crippen molar-refractivity contribution < 1.29 is 28.0 Å². The van der Waals surface area contributed by atoms with Crippen LogP contribution in [-0.2, 0) is 11.0 Å². The van der Waals surface area contributed by atoms with Gasteiger partial charge in [0, 0.05) is 6.07 Å². The molecule has 0 fully saturated rings. The van der Waals surface area contributed by atoms with Crippen molar-refractivity contribution >= 4 is 17.3 Å². The molecule has 0 aliphatic heterocycles. The first-order valence-corrected chi connectivity index (χ1v) is 6.35. The summed E-state index contributed by atoms with van der Waals surface area (Å²) >= 11 is 0. The van der Waals surface area contributed by atoms with Gasteiger partial charge in [0.15, 0.2) is 0 Å². The molecule has 0 spiro atoms. The first-order valence-electron chi connectivity index (χ1n) is 6.35. The van der Waals surface area contributed by atoms with Gasteiger partial charge in [-0.2, -0.15) is 13.2 Å². The number of carboxylic acids is 1. The number of nitrogens with one attached hydrogen (secondary N) is 1. The van der Waals surface area contributed by atoms with E-state index >= 15 is 0 Å². The lowest BCUT2D eigenvalue weighted by Crippen LogP contribution is -2.41. The van der Waals surface area contributed by atoms with Crippen LogP contribution >= 0.6 is 0 Å². The molecule has 0 saturated heterocycles. The maximum Gasteiger partial charge on any atom is 0.416 e. The van der Waals surface area contributed by atoms with Gasteiger partial charge in [0.1, 0.15) is 5.69 Å². The van der Waals surface area contributed by atoms with Crippen molar-refractivity contribution in [3.63, 3.8) is 0 Å². The lowest BCUT2D eigenvalue weighted by Gasteiger charge is -2.22. The van der Waals surface area contributed by atoms with Crippen LogP contribution in [0.15, 0.2) is 18.2 Å². The van der Waals surface area contributed by atoms with Gasteiger partial charge in [-0.1, -0.05) is 13.8 Å². The van der Waals surface area contributed by atoms with Crippen molar-refractivity contribution in [1.82, 2.24) is 0 Å². The number of carbonyl (C=O) groups is 1. The van der Waals surface area contributed by atoms with Gasteiger partial charge in [-0.15, -0.1) is 0 Å². The third-order valence-corrected chi connectivity index (χ3v) is 2.84. The van der Waals surface area contributed by atoms with Crippen LogP contribution in [0.3, 0.4) is 0 Å². The van der Waals surface area contributed by atoms with Gasteiger partial charge in [0.25, 0.3) is 5.69 Å². The van der Waals surface area contributed by atoms with Crippen molar-refractivity contribution in [2.45, 2.75) is 32.5 Å². The number of alkyl halides is 3. The largest absolute Gasteiger partial charge is 0.548 e. The molecule has 6 nitrogen and oxygen atoms in total. The Balaban J connectivity index is 3.18. The first-order chi connectivity index (χ1) is 10.0. The molecule has 0 bridgehead atoms. The second kappa shape index (κ2) is 6.63. The average Bonchev–Trinajstić information content (AvgIpc) is 2.36. The Morgan fingerprint density at radius 2 is 1.95 bits per heavy atom. The summed E-state index contributed by atoms with van der Waals surface area (Å²) in [6, 6.07) is 0.619. The summed E-state index contributed by atoms with van der Waals surface area (Å²) < 4.78 is 37.7. The summed E-state index contributed by atoms with van der Waals surface area (Å²) in [5.74, 6) is -1.54. The van der Waals surface area contributed by atoms with Crippen LogP contribution in [-0.4, -0.2) is 16.9 Å². The number of nitrogens with zero attached hydrogens (tertiary/aromatic N) is 1. The molecule has 0 aliphatic carbocycles. The summed E-state index contributed by atoms with van der Waals surface area (Å²) in [6.45, 7) is 3.47. The van der Waals surface area contributed by atoms with Gasteiger partial charge in [-0.25, -0.2) is 0 Å². The van der Waals surface area contributed by atoms with E-state index < -0.39 is 34.4 Å². The van der Waals surface area contributed by atoms with Crippen LogP contribution in [0.2, 0.25) is 0 Å². The van der Waals surface area contributed by atoms with Crippen LogP contribution in [0.25, 0.3) is 0 Å². The van der Waals surface area contributed by atoms with Gasteiger partial charge in [0.05, 0.1) is 22.5 Å². The number of halogens is 3. The van der Waals surface area contributed by atoms with E-state index in [-0.39, 0.29) is 18.0 Å². The summed E-state index contributed by atoms with van der Waals surface area (Å²) in [6.07, 6.45) is -4.62. The number of hydrogen-bond acceptors (Lipinski definition) is 5. The van der Waals surface area contributed by atoms with Gasteiger partial charge in [-0.3, -0.25) is 10.1 Å². The van der Waals surface area contributed by atoms with Crippen molar-refractivity contribution in [1.29, 1.82) is 0 Å². The van der Waals surface area contributed by atoms with Crippen molar-refractivity contribution in [2.75, 3.05) is 5.32 Å². The Kier molecular flexibility index (Phi) is 5.34. The zero-order chi connectivity index (χ0) is 17.1. The highest BCUT2D eigenvalue weighted by atomic mass is 19.4. The minimum Gasteiger partial charge on any atom is -0.548 e. The highest BCUT2D eigenvalue weighted by Crippen LogP contribution is 2.35. The molecular formula is C13H14F3N2O4-. The molecule has 0 heterocycles. The average molecular weight is 319 g/mol. The number of rotatable bonds is 6. The molecule has 1 aromatic carbocycles. The van der Waals surface area contributed by atoms with E-state index in [0.29, 0.717) is 12.1 Å². The highest BCUT2D eigenvalue weighted by Gasteiger charge is 2.33. The number of hydrogen-bond donors (Lipinski definition) is 1. The number of benzene rings is 1. The normalized spacial score (nSPS) is 13.0. The molecule has 9 heteroatoms. The molecular weight excluding hydrogens is 305 g/mol. The van der Waals surface area contributed by atoms with Crippen LogP contribution in [0.1, 0.15) is 25.8 Å². The summed E-state index contributed by atoms with van der Waals surface area (Å²) in [7, 11) is 0. The first kappa shape index (κ1) is 17.7. The van der Waals surface area contributed by atoms with Gasteiger partial charge >= 0.3 is 6.18 Å². The monoisotopic (exact) mass is 319 g/mol. The minimum absolute atomic E-state index is 0.0519. The zero-order valence-electron chi connectivity index (χ0n) is 11.8. The Bertz CT molecular complexity index is 573. The lowest BCUT2D eigenvalue weighted by atomic mass is 10.0. The minimum atomic E-state index is -4.73. The van der Waals surface area contributed by atoms with Gasteiger partial charge in [-0.05, 0) is 24.5 Å². The van der Waals surface area contributed by atoms with Crippen LogP contribution in [0.4, 0.5) is 24.5 Å². The number of carboxylic acid groups (broad SMARTS) is 1. The second-order valence-corrected chi connectivity index (χ2v) is 5.13. The Hall–Kier alpha value is -2.32. The molecule has 122 valence electrons. The molecule has 0 amide bonds. The maximum absolute atomic E-state index is 12.6. The predicted octanol–water partition coefficient (Wildman–Crippen LogP) is 2.19. The summed E-state index contributed by atoms with van der Waals surface area (Å²) in [5, 5.41) is 24.3. The fourth-order valence-electron chi connectivity index (χ4n) is 1.85. The summed E-state index contributed by atoms with van der Waals surface area (Å²) in [5.41, 5.74) is -2.32. The SMILES string of the molecule is CC(C)C[C@H](Nc1ccc(C(F)(F)F)cc1[N+](=O)[O-])C(=O)[O-]. The fourth-order valence-corrected chi connectivity index (χ4v) is 1.85. The number of nitro benzene ring substituents is 1. The Morgan fingerprint density at radius 1 is 1.36 bits per heavy atom. The molecule has 22 heavy (non-hydrogen) atoms. The van der Waals surface area contributed by atoms with E-state index in [1.54, 1.807) is 13.8 Å². The van der Waals surface area contributed by atoms with Gasteiger partial charge < -0.3 is 15.2 Å². The van der Waals surface area contributed by atoms with Crippen molar-refractivity contribution in [3.8, 4) is 0 Å². The third kappa shape index (κ3) is 4.61. The van der Waals surface area contributed by atoms with E-state index in [4.69, 9.17) is 0 Å². The number of nitro groups is 1. The van der Waals surface area contributed by atoms with Crippen LogP contribution in [0.5, 0.6) is 0 Å².